The fourth-order valence-corrected chi connectivity index (χ4v) is 5.21. The molecule has 2 N–H and O–H groups in total. The van der Waals surface area contributed by atoms with Gasteiger partial charge in [0.05, 0.1) is 35.0 Å². The number of hydrogen-bond acceptors (Lipinski definition) is 6. The summed E-state index contributed by atoms with van der Waals surface area (Å²) in [6, 6.07) is 12.4. The number of aliphatic hydroxyl groups is 1. The van der Waals surface area contributed by atoms with E-state index in [4.69, 9.17) is 32.7 Å². The lowest BCUT2D eigenvalue weighted by atomic mass is 9.88. The van der Waals surface area contributed by atoms with Gasteiger partial charge in [0.2, 0.25) is 11.6 Å². The van der Waals surface area contributed by atoms with E-state index in [0.717, 1.165) is 12.8 Å². The first kappa shape index (κ1) is 28.4. The summed E-state index contributed by atoms with van der Waals surface area (Å²) in [5, 5.41) is 14.6. The number of carbonyl (C=O) groups is 2. The molecular weight excluding hydrogens is 560 g/mol. The highest BCUT2D eigenvalue weighted by Crippen LogP contribution is 2.48. The maximum Gasteiger partial charge on any atom is 0.257 e. The molecule has 2 aliphatic rings. The summed E-state index contributed by atoms with van der Waals surface area (Å²) >= 11 is 12.2. The van der Waals surface area contributed by atoms with Crippen molar-refractivity contribution in [2.75, 3.05) is 20.4 Å². The van der Waals surface area contributed by atoms with Crippen LogP contribution < -0.4 is 5.32 Å². The number of methoxy groups -OCH3 is 1. The van der Waals surface area contributed by atoms with Crippen LogP contribution in [0.4, 0.5) is 4.39 Å². The molecule has 2 aromatic carbocycles. The van der Waals surface area contributed by atoms with Crippen LogP contribution >= 0.6 is 23.2 Å². The molecule has 0 saturated heterocycles. The van der Waals surface area contributed by atoms with E-state index in [1.54, 1.807) is 36.4 Å². The molecule has 1 saturated carbocycles. The molecule has 1 aromatic heterocycles. The normalized spacial score (nSPS) is 19.9. The van der Waals surface area contributed by atoms with Crippen molar-refractivity contribution in [2.24, 2.45) is 5.92 Å². The van der Waals surface area contributed by atoms with Gasteiger partial charge in [0.15, 0.2) is 0 Å². The van der Waals surface area contributed by atoms with E-state index in [1.807, 2.05) is 0 Å². The number of carbonyl (C=O) groups excluding carboxylic acids is 2. The van der Waals surface area contributed by atoms with Gasteiger partial charge < -0.3 is 19.9 Å². The van der Waals surface area contributed by atoms with E-state index in [1.165, 1.54) is 37.3 Å². The van der Waals surface area contributed by atoms with Crippen LogP contribution in [0.15, 0.2) is 54.7 Å². The monoisotopic (exact) mass is 587 g/mol. The molecule has 0 bridgehead atoms. The maximum atomic E-state index is 16.3. The van der Waals surface area contributed by atoms with Gasteiger partial charge in [-0.2, -0.15) is 0 Å². The lowest BCUT2D eigenvalue weighted by Crippen LogP contribution is -2.49. The molecule has 1 aliphatic carbocycles. The van der Waals surface area contributed by atoms with Gasteiger partial charge in [-0.25, -0.2) is 4.39 Å². The molecule has 1 aliphatic heterocycles. The molecule has 11 heteroatoms. The summed E-state index contributed by atoms with van der Waals surface area (Å²) in [6.45, 7) is 0.984. The van der Waals surface area contributed by atoms with Gasteiger partial charge in [0.25, 0.3) is 5.91 Å². The van der Waals surface area contributed by atoms with E-state index < -0.39 is 23.1 Å². The highest BCUT2D eigenvalue weighted by atomic mass is 35.5. The molecule has 0 radical (unpaired) electrons. The van der Waals surface area contributed by atoms with Crippen molar-refractivity contribution in [2.45, 2.75) is 37.6 Å². The van der Waals surface area contributed by atoms with Crippen molar-refractivity contribution in [3.05, 3.63) is 98.5 Å². The molecule has 1 unspecified atom stereocenters. The SMILES string of the molecule is COCC(C)(O)c1cc(F)c2c(c1)C(=O)N(Cc1ccc(Cl)cn1)[C@@]2(OCNC(=O)C1CC1)c1ccc(Cl)cc1. The number of nitrogens with zero attached hydrogens (tertiary/aromatic N) is 2. The molecule has 5 rings (SSSR count). The number of pyridine rings is 1. The minimum absolute atomic E-state index is 0.00353. The number of aromatic nitrogens is 1. The minimum Gasteiger partial charge on any atom is -0.383 e. The molecule has 0 spiro atoms. The predicted molar refractivity (Wildman–Crippen MR) is 146 cm³/mol. The average molecular weight is 588 g/mol. The molecule has 2 heterocycles. The zero-order valence-electron chi connectivity index (χ0n) is 21.9. The van der Waals surface area contributed by atoms with Gasteiger partial charge >= 0.3 is 0 Å². The highest BCUT2D eigenvalue weighted by molar-refractivity contribution is 6.30. The Kier molecular flexibility index (Phi) is 7.87. The number of hydrogen-bond donors (Lipinski definition) is 2. The van der Waals surface area contributed by atoms with Crippen LogP contribution in [0.25, 0.3) is 0 Å². The van der Waals surface area contributed by atoms with E-state index in [0.29, 0.717) is 21.3 Å². The van der Waals surface area contributed by atoms with Gasteiger partial charge in [-0.1, -0.05) is 35.3 Å². The Hall–Kier alpha value is -3.08. The Bertz CT molecular complexity index is 1430. The van der Waals surface area contributed by atoms with Crippen molar-refractivity contribution in [3.8, 4) is 0 Å². The Morgan fingerprint density at radius 3 is 2.52 bits per heavy atom. The number of amides is 2. The topological polar surface area (TPSA) is 101 Å². The quantitative estimate of drug-likeness (QED) is 0.332. The smallest absolute Gasteiger partial charge is 0.257 e. The molecule has 3 aromatic rings. The first-order valence-electron chi connectivity index (χ1n) is 12.7. The van der Waals surface area contributed by atoms with Crippen LogP contribution in [0.1, 0.15) is 52.5 Å². The van der Waals surface area contributed by atoms with Crippen molar-refractivity contribution in [3.63, 3.8) is 0 Å². The van der Waals surface area contributed by atoms with E-state index in [2.05, 4.69) is 10.3 Å². The molecule has 2 atom stereocenters. The first-order valence-corrected chi connectivity index (χ1v) is 13.5. The summed E-state index contributed by atoms with van der Waals surface area (Å²) < 4.78 is 27.8. The number of rotatable bonds is 10. The fourth-order valence-electron chi connectivity index (χ4n) is 4.97. The van der Waals surface area contributed by atoms with E-state index >= 15 is 4.39 Å². The summed E-state index contributed by atoms with van der Waals surface area (Å²) in [5.41, 5.74) is -2.37. The summed E-state index contributed by atoms with van der Waals surface area (Å²) in [7, 11) is 1.42. The van der Waals surface area contributed by atoms with E-state index in [9.17, 15) is 14.7 Å². The number of ether oxygens (including phenoxy) is 2. The molecule has 1 fully saturated rings. The van der Waals surface area contributed by atoms with Crippen molar-refractivity contribution in [1.82, 2.24) is 15.2 Å². The molecular formula is C29H28Cl2FN3O5. The predicted octanol–water partition coefficient (Wildman–Crippen LogP) is 4.74. The molecule has 8 nitrogen and oxygen atoms in total. The molecule has 210 valence electrons. The largest absolute Gasteiger partial charge is 0.383 e. The third kappa shape index (κ3) is 5.32. The van der Waals surface area contributed by atoms with Crippen LogP contribution in [0.3, 0.4) is 0 Å². The Morgan fingerprint density at radius 1 is 1.20 bits per heavy atom. The second-order valence-electron chi connectivity index (χ2n) is 10.2. The minimum atomic E-state index is -1.80. The third-order valence-electron chi connectivity index (χ3n) is 7.15. The van der Waals surface area contributed by atoms with Crippen molar-refractivity contribution >= 4 is 35.0 Å². The van der Waals surface area contributed by atoms with Crippen LogP contribution in [-0.2, 0) is 32.1 Å². The summed E-state index contributed by atoms with van der Waals surface area (Å²) in [6.07, 6.45) is 3.04. The van der Waals surface area contributed by atoms with Gasteiger partial charge in [-0.3, -0.25) is 19.5 Å². The van der Waals surface area contributed by atoms with Crippen LogP contribution in [0.2, 0.25) is 10.0 Å². The zero-order valence-corrected chi connectivity index (χ0v) is 23.4. The number of halogens is 3. The van der Waals surface area contributed by atoms with Gasteiger partial charge in [0.1, 0.15) is 18.1 Å². The maximum absolute atomic E-state index is 16.3. The number of benzene rings is 2. The Balaban J connectivity index is 1.68. The highest BCUT2D eigenvalue weighted by Gasteiger charge is 2.55. The van der Waals surface area contributed by atoms with Crippen molar-refractivity contribution in [1.29, 1.82) is 0 Å². The van der Waals surface area contributed by atoms with E-state index in [-0.39, 0.29) is 48.4 Å². The fraction of sp³-hybridized carbons (Fsp3) is 0.345. The zero-order chi connectivity index (χ0) is 28.7. The van der Waals surface area contributed by atoms with Gasteiger partial charge in [-0.15, -0.1) is 0 Å². The Labute approximate surface area is 241 Å². The van der Waals surface area contributed by atoms with Crippen LogP contribution in [0.5, 0.6) is 0 Å². The van der Waals surface area contributed by atoms with Gasteiger partial charge in [-0.05, 0) is 61.7 Å². The van der Waals surface area contributed by atoms with Crippen LogP contribution in [0, 0.1) is 11.7 Å². The standard InChI is InChI=1S/C29H28Cl2FN3O5/c1-28(38,15-39-2)19-11-23-25(24(32)12-19)29(18-5-7-20(30)8-6-18,40-16-34-26(36)17-3-4-17)35(27(23)37)14-22-10-9-21(31)13-33-22/h5-13,17,38H,3-4,14-16H2,1-2H3,(H,34,36)/t28?,29-/m1/s1. The summed E-state index contributed by atoms with van der Waals surface area (Å²) in [5.74, 6) is -1.58. The van der Waals surface area contributed by atoms with Crippen molar-refractivity contribution < 1.29 is 28.6 Å². The second-order valence-corrected chi connectivity index (χ2v) is 11.1. The molecule has 2 amide bonds. The Morgan fingerprint density at radius 2 is 1.90 bits per heavy atom. The number of nitrogens with one attached hydrogen (secondary N) is 1. The van der Waals surface area contributed by atoms with Gasteiger partial charge in [0, 0.05) is 29.8 Å². The second kappa shape index (κ2) is 11.1. The van der Waals surface area contributed by atoms with Crippen LogP contribution in [-0.4, -0.2) is 47.3 Å². The average Bonchev–Trinajstić information content (AvgIpc) is 3.74. The molecule has 40 heavy (non-hydrogen) atoms. The third-order valence-corrected chi connectivity index (χ3v) is 7.63. The summed E-state index contributed by atoms with van der Waals surface area (Å²) in [4.78, 5) is 32.3. The number of fused-ring (bicyclic) bond motifs is 1. The first-order chi connectivity index (χ1) is 19.1. The lowest BCUT2D eigenvalue weighted by molar-refractivity contribution is -0.137. The lowest BCUT2D eigenvalue weighted by Gasteiger charge is -2.39.